The monoisotopic (exact) mass is 630 g/mol. The fraction of sp³-hybridized carbons (Fsp3) is 0.457. The minimum Gasteiger partial charge on any atom is -0.444 e. The van der Waals surface area contributed by atoms with Crippen LogP contribution in [-0.2, 0) is 22.2 Å². The Hall–Kier alpha value is -3.07. The SMILES string of the molecule is CC(C)(C)OC(=O)N1CCCC(OCCCN(Cc2cccc(C(F)(F)F)c2Cl)CC(c2ccccc2)c2ccccc2)C1. The molecule has 0 N–H and O–H groups in total. The summed E-state index contributed by atoms with van der Waals surface area (Å²) in [4.78, 5) is 16.4. The molecule has 238 valence electrons. The Bertz CT molecular complexity index is 1290. The molecule has 0 aliphatic carbocycles. The van der Waals surface area contributed by atoms with Crippen LogP contribution in [0.15, 0.2) is 78.9 Å². The average Bonchev–Trinajstić information content (AvgIpc) is 2.98. The van der Waals surface area contributed by atoms with Crippen molar-refractivity contribution >= 4 is 17.7 Å². The topological polar surface area (TPSA) is 42.0 Å². The highest BCUT2D eigenvalue weighted by Gasteiger charge is 2.34. The third kappa shape index (κ3) is 9.98. The lowest BCUT2D eigenvalue weighted by Gasteiger charge is -2.34. The minimum atomic E-state index is -4.53. The van der Waals surface area contributed by atoms with Gasteiger partial charge in [0.05, 0.1) is 23.2 Å². The summed E-state index contributed by atoms with van der Waals surface area (Å²) in [5, 5.41) is -0.262. The number of benzene rings is 3. The quantitative estimate of drug-likeness (QED) is 0.199. The zero-order valence-corrected chi connectivity index (χ0v) is 26.4. The van der Waals surface area contributed by atoms with Gasteiger partial charge >= 0.3 is 12.3 Å². The van der Waals surface area contributed by atoms with Gasteiger partial charge in [0.25, 0.3) is 0 Å². The largest absolute Gasteiger partial charge is 0.444 e. The van der Waals surface area contributed by atoms with Gasteiger partial charge in [0.1, 0.15) is 5.60 Å². The van der Waals surface area contributed by atoms with Crippen molar-refractivity contribution < 1.29 is 27.4 Å². The number of hydrogen-bond acceptors (Lipinski definition) is 4. The number of ether oxygens (including phenoxy) is 2. The van der Waals surface area contributed by atoms with Gasteiger partial charge in [-0.2, -0.15) is 13.2 Å². The highest BCUT2D eigenvalue weighted by Crippen LogP contribution is 2.37. The standard InChI is InChI=1S/C35H42ClF3N2O3/c1-34(2,3)44-33(42)41-21-11-18-29(24-41)43-22-12-20-40(23-28-17-10-19-31(32(28)36)35(37,38)39)25-30(26-13-6-4-7-14-26)27-15-8-5-9-16-27/h4-10,13-17,19,29-30H,11-12,18,20-25H2,1-3H3. The first-order valence-electron chi connectivity index (χ1n) is 15.2. The summed E-state index contributed by atoms with van der Waals surface area (Å²) >= 11 is 6.34. The van der Waals surface area contributed by atoms with Crippen LogP contribution < -0.4 is 0 Å². The van der Waals surface area contributed by atoms with Crippen LogP contribution in [0.1, 0.15) is 68.2 Å². The third-order valence-corrected chi connectivity index (χ3v) is 8.07. The zero-order chi connectivity index (χ0) is 31.7. The van der Waals surface area contributed by atoms with E-state index in [1.165, 1.54) is 6.07 Å². The minimum absolute atomic E-state index is 0.00336. The zero-order valence-electron chi connectivity index (χ0n) is 25.7. The molecule has 9 heteroatoms. The van der Waals surface area contributed by atoms with Crippen molar-refractivity contribution in [1.82, 2.24) is 9.80 Å². The fourth-order valence-electron chi connectivity index (χ4n) is 5.53. The molecule has 0 bridgehead atoms. The molecule has 3 aromatic carbocycles. The third-order valence-electron chi connectivity index (χ3n) is 7.62. The summed E-state index contributed by atoms with van der Waals surface area (Å²) in [5.74, 6) is 0.00336. The second kappa shape index (κ2) is 15.3. The molecule has 4 rings (SSSR count). The number of carbonyl (C=O) groups is 1. The molecule has 3 aromatic rings. The highest BCUT2D eigenvalue weighted by molar-refractivity contribution is 6.32. The molecule has 1 amide bonds. The molecule has 44 heavy (non-hydrogen) atoms. The van der Waals surface area contributed by atoms with Crippen molar-refractivity contribution in [2.75, 3.05) is 32.8 Å². The van der Waals surface area contributed by atoms with Gasteiger partial charge in [-0.25, -0.2) is 4.79 Å². The van der Waals surface area contributed by atoms with Crippen LogP contribution in [0, 0.1) is 0 Å². The van der Waals surface area contributed by atoms with Crippen LogP contribution in [0.4, 0.5) is 18.0 Å². The number of hydrogen-bond donors (Lipinski definition) is 0. The van der Waals surface area contributed by atoms with E-state index in [4.69, 9.17) is 21.1 Å². The maximum Gasteiger partial charge on any atom is 0.417 e. The summed E-state index contributed by atoms with van der Waals surface area (Å²) in [7, 11) is 0. The first kappa shape index (κ1) is 33.8. The molecule has 1 unspecified atom stereocenters. The summed E-state index contributed by atoms with van der Waals surface area (Å²) in [6, 6.07) is 24.3. The van der Waals surface area contributed by atoms with Crippen LogP contribution in [-0.4, -0.2) is 60.4 Å². The van der Waals surface area contributed by atoms with E-state index >= 15 is 0 Å². The molecule has 1 aliphatic rings. The maximum absolute atomic E-state index is 13.7. The predicted molar refractivity (Wildman–Crippen MR) is 168 cm³/mol. The van der Waals surface area contributed by atoms with Crippen LogP contribution >= 0.6 is 11.6 Å². The molecule has 1 fully saturated rings. The summed E-state index contributed by atoms with van der Waals surface area (Å²) in [5.41, 5.74) is 1.30. The molecule has 1 saturated heterocycles. The van der Waals surface area contributed by atoms with Gasteiger partial charge in [-0.15, -0.1) is 0 Å². The normalized spacial score (nSPS) is 16.0. The molecule has 5 nitrogen and oxygen atoms in total. The van der Waals surface area contributed by atoms with Crippen LogP contribution in [0.25, 0.3) is 0 Å². The van der Waals surface area contributed by atoms with Crippen molar-refractivity contribution in [2.24, 2.45) is 0 Å². The van der Waals surface area contributed by atoms with Crippen molar-refractivity contribution in [3.8, 4) is 0 Å². The molecule has 1 heterocycles. The lowest BCUT2D eigenvalue weighted by Crippen LogP contribution is -2.45. The summed E-state index contributed by atoms with van der Waals surface area (Å²) < 4.78 is 52.7. The van der Waals surface area contributed by atoms with Crippen LogP contribution in [0.3, 0.4) is 0 Å². The Morgan fingerprint density at radius 1 is 0.977 bits per heavy atom. The van der Waals surface area contributed by atoms with Gasteiger partial charge < -0.3 is 14.4 Å². The number of carbonyl (C=O) groups excluding carboxylic acids is 1. The molecular formula is C35H42ClF3N2O3. The van der Waals surface area contributed by atoms with E-state index in [2.05, 4.69) is 29.2 Å². The first-order chi connectivity index (χ1) is 20.9. The van der Waals surface area contributed by atoms with E-state index in [1.54, 1.807) is 11.0 Å². The number of alkyl halides is 3. The fourth-order valence-corrected chi connectivity index (χ4v) is 5.83. The molecule has 1 aliphatic heterocycles. The van der Waals surface area contributed by atoms with E-state index in [0.717, 1.165) is 30.0 Å². The van der Waals surface area contributed by atoms with Crippen LogP contribution in [0.2, 0.25) is 5.02 Å². The molecular weight excluding hydrogens is 589 g/mol. The smallest absolute Gasteiger partial charge is 0.417 e. The second-order valence-corrected chi connectivity index (χ2v) is 12.7. The van der Waals surface area contributed by atoms with Gasteiger partial charge in [0.15, 0.2) is 0 Å². The van der Waals surface area contributed by atoms with Gasteiger partial charge in [-0.1, -0.05) is 84.4 Å². The number of nitrogens with zero attached hydrogens (tertiary/aromatic N) is 2. The number of halogens is 4. The number of likely N-dealkylation sites (tertiary alicyclic amines) is 1. The van der Waals surface area contributed by atoms with Gasteiger partial charge in [0.2, 0.25) is 0 Å². The van der Waals surface area contributed by atoms with E-state index < -0.39 is 17.3 Å². The predicted octanol–water partition coefficient (Wildman–Crippen LogP) is 8.80. The average molecular weight is 631 g/mol. The van der Waals surface area contributed by atoms with Gasteiger partial charge in [0, 0.05) is 38.7 Å². The molecule has 0 radical (unpaired) electrons. The lowest BCUT2D eigenvalue weighted by molar-refractivity contribution is -0.137. The highest BCUT2D eigenvalue weighted by atomic mass is 35.5. The van der Waals surface area contributed by atoms with Crippen molar-refractivity contribution in [3.05, 3.63) is 106 Å². The maximum atomic E-state index is 13.7. The molecule has 0 saturated carbocycles. The number of amides is 1. The van der Waals surface area contributed by atoms with E-state index in [-0.39, 0.29) is 29.7 Å². The van der Waals surface area contributed by atoms with Crippen molar-refractivity contribution in [2.45, 2.75) is 70.4 Å². The van der Waals surface area contributed by atoms with E-state index in [9.17, 15) is 18.0 Å². The van der Waals surface area contributed by atoms with E-state index in [1.807, 2.05) is 57.2 Å². The first-order valence-corrected chi connectivity index (χ1v) is 15.5. The van der Waals surface area contributed by atoms with Gasteiger partial charge in [-0.05, 0) is 62.8 Å². The van der Waals surface area contributed by atoms with E-state index in [0.29, 0.717) is 44.8 Å². The Morgan fingerprint density at radius 3 is 2.20 bits per heavy atom. The number of rotatable bonds is 11. The Morgan fingerprint density at radius 2 is 1.61 bits per heavy atom. The van der Waals surface area contributed by atoms with Crippen molar-refractivity contribution in [3.63, 3.8) is 0 Å². The van der Waals surface area contributed by atoms with Crippen molar-refractivity contribution in [1.29, 1.82) is 0 Å². The second-order valence-electron chi connectivity index (χ2n) is 12.3. The molecule has 1 atom stereocenters. The van der Waals surface area contributed by atoms with Crippen LogP contribution in [0.5, 0.6) is 0 Å². The van der Waals surface area contributed by atoms with Gasteiger partial charge in [-0.3, -0.25) is 4.90 Å². The Balaban J connectivity index is 1.47. The lowest BCUT2D eigenvalue weighted by atomic mass is 9.90. The molecule has 0 aromatic heterocycles. The summed E-state index contributed by atoms with van der Waals surface area (Å²) in [6.45, 7) is 8.55. The molecule has 0 spiro atoms. The Kier molecular flexibility index (Phi) is 11.7. The Labute approximate surface area is 263 Å². The number of piperidine rings is 1. The summed E-state index contributed by atoms with van der Waals surface area (Å²) in [6.07, 6.45) is -2.61.